The Balaban J connectivity index is -0.000000295. The third-order valence-electron chi connectivity index (χ3n) is 3.21. The smallest absolute Gasteiger partial charge is 0.412 e. The van der Waals surface area contributed by atoms with Gasteiger partial charge in [-0.05, 0) is 0 Å². The molecule has 0 fully saturated rings. The summed E-state index contributed by atoms with van der Waals surface area (Å²) in [6, 6.07) is 0. The van der Waals surface area contributed by atoms with Gasteiger partial charge in [0.1, 0.15) is 0 Å². The fourth-order valence-corrected chi connectivity index (χ4v) is 11.6. The second-order valence-electron chi connectivity index (χ2n) is 5.45. The topological polar surface area (TPSA) is 31.5 Å². The second kappa shape index (κ2) is 23.7. The van der Waals surface area contributed by atoms with Crippen LogP contribution in [0.15, 0.2) is 0 Å². The van der Waals surface area contributed by atoms with Crippen molar-refractivity contribution in [3.63, 3.8) is 0 Å². The number of unbranched alkanes of at least 4 members (excludes halogenated alkanes) is 4. The number of hydrogen-bond donors (Lipinski definition) is 0. The molecule has 0 aromatic heterocycles. The zero-order valence-electron chi connectivity index (χ0n) is 14.7. The molecule has 0 amide bonds. The van der Waals surface area contributed by atoms with Gasteiger partial charge in [0.25, 0.3) is 0 Å². The van der Waals surface area contributed by atoms with Crippen LogP contribution >= 0.6 is 0 Å². The van der Waals surface area contributed by atoms with Crippen molar-refractivity contribution in [3.05, 3.63) is 0 Å². The first-order chi connectivity index (χ1) is 9.62. The standard InChI is InChI=1S/4C4H9.2FH.H2O.2Sn/c4*1-3-4-2;;;;;/h4*1,3-4H2,2H3;2*1H;1H2;;/q;;;;;;;2*+1/p-2. The van der Waals surface area contributed by atoms with Gasteiger partial charge >= 0.3 is 143 Å². The van der Waals surface area contributed by atoms with Crippen molar-refractivity contribution >= 4 is 40.7 Å². The van der Waals surface area contributed by atoms with E-state index in [0.717, 1.165) is 43.4 Å². The SMILES string of the molecule is CCC[CH2][Sn]([F])[CH2]CCC.CCC[CH2][Sn]([F])[CH2]CCC.O. The molecular weight excluding hydrogens is 484 g/mol. The van der Waals surface area contributed by atoms with Gasteiger partial charge in [-0.2, -0.15) is 0 Å². The van der Waals surface area contributed by atoms with Crippen LogP contribution in [-0.2, 0) is 0 Å². The van der Waals surface area contributed by atoms with E-state index in [1.165, 1.54) is 25.7 Å². The molecule has 21 heavy (non-hydrogen) atoms. The molecule has 0 bridgehead atoms. The summed E-state index contributed by atoms with van der Waals surface area (Å²) in [5, 5.41) is 0. The van der Waals surface area contributed by atoms with E-state index in [2.05, 4.69) is 27.7 Å². The van der Waals surface area contributed by atoms with E-state index in [-0.39, 0.29) is 5.48 Å². The van der Waals surface area contributed by atoms with Gasteiger partial charge in [-0.1, -0.05) is 0 Å². The van der Waals surface area contributed by atoms with Crippen LogP contribution in [0.4, 0.5) is 5.73 Å². The minimum atomic E-state index is -2.24. The molecule has 2 N–H and O–H groups in total. The van der Waals surface area contributed by atoms with Gasteiger partial charge in [-0.25, -0.2) is 0 Å². The van der Waals surface area contributed by atoms with Crippen molar-refractivity contribution in [2.75, 3.05) is 0 Å². The molecule has 0 rings (SSSR count). The van der Waals surface area contributed by atoms with E-state index in [1.54, 1.807) is 0 Å². The maximum Gasteiger partial charge on any atom is -0.412 e. The van der Waals surface area contributed by atoms with Crippen LogP contribution in [0.1, 0.15) is 79.1 Å². The van der Waals surface area contributed by atoms with Crippen molar-refractivity contribution in [2.45, 2.75) is 96.8 Å². The minimum absolute atomic E-state index is 0. The maximum absolute atomic E-state index is 13.0. The predicted molar refractivity (Wildman–Crippen MR) is 96.2 cm³/mol. The van der Waals surface area contributed by atoms with Gasteiger partial charge in [0, 0.05) is 0 Å². The van der Waals surface area contributed by atoms with Gasteiger partial charge in [-0.3, -0.25) is 0 Å². The molecule has 0 atom stereocenters. The molecule has 130 valence electrons. The summed E-state index contributed by atoms with van der Waals surface area (Å²) >= 11 is -4.48. The van der Waals surface area contributed by atoms with Crippen molar-refractivity contribution < 1.29 is 11.2 Å². The Morgan fingerprint density at radius 2 is 0.714 bits per heavy atom. The molecule has 0 unspecified atom stereocenters. The first kappa shape index (κ1) is 27.3. The summed E-state index contributed by atoms with van der Waals surface area (Å²) in [6.07, 6.45) is 9.20. The molecule has 0 aromatic rings. The summed E-state index contributed by atoms with van der Waals surface area (Å²) < 4.78 is 29.8. The van der Waals surface area contributed by atoms with E-state index >= 15 is 0 Å². The maximum atomic E-state index is 13.0. The second-order valence-corrected chi connectivity index (χ2v) is 17.1. The van der Waals surface area contributed by atoms with Crippen molar-refractivity contribution in [3.8, 4) is 0 Å². The molecule has 0 aromatic carbocycles. The quantitative estimate of drug-likeness (QED) is 0.271. The molecule has 1 nitrogen and oxygen atoms in total. The van der Waals surface area contributed by atoms with E-state index < -0.39 is 40.7 Å². The molecule has 5 heteroatoms. The summed E-state index contributed by atoms with van der Waals surface area (Å²) in [5.74, 6) is 0. The Morgan fingerprint density at radius 1 is 0.524 bits per heavy atom. The van der Waals surface area contributed by atoms with Gasteiger partial charge < -0.3 is 5.48 Å². The zero-order chi connectivity index (χ0) is 15.6. The van der Waals surface area contributed by atoms with Crippen LogP contribution in [0.2, 0.25) is 17.7 Å². The monoisotopic (exact) mass is 524 g/mol. The molecule has 0 aliphatic rings. The van der Waals surface area contributed by atoms with Crippen molar-refractivity contribution in [1.29, 1.82) is 0 Å². The third kappa shape index (κ3) is 26.6. The van der Waals surface area contributed by atoms with Crippen LogP contribution in [-0.4, -0.2) is 46.1 Å². The molecule has 0 heterocycles. The number of rotatable bonds is 12. The largest absolute Gasteiger partial charge is 0.412 e. The summed E-state index contributed by atoms with van der Waals surface area (Å²) in [5.41, 5.74) is 0. The van der Waals surface area contributed by atoms with Crippen molar-refractivity contribution in [2.24, 2.45) is 0 Å². The Hall–Kier alpha value is 1.42. The predicted octanol–water partition coefficient (Wildman–Crippen LogP) is 6.27. The average Bonchev–Trinajstić information content (AvgIpc) is 2.47. The number of halogens is 2. The minimum Gasteiger partial charge on any atom is -0.412 e. The fraction of sp³-hybridized carbons (Fsp3) is 1.00. The van der Waals surface area contributed by atoms with Gasteiger partial charge in [0.15, 0.2) is 0 Å². The third-order valence-corrected chi connectivity index (χ3v) is 13.4. The molecule has 2 radical (unpaired) electrons. The van der Waals surface area contributed by atoms with Gasteiger partial charge in [0.2, 0.25) is 0 Å². The molecular formula is C16H38F2OSn2. The zero-order valence-corrected chi connectivity index (χ0v) is 20.4. The van der Waals surface area contributed by atoms with Crippen LogP contribution in [0.5, 0.6) is 0 Å². The van der Waals surface area contributed by atoms with Crippen molar-refractivity contribution in [1.82, 2.24) is 0 Å². The fourth-order valence-electron chi connectivity index (χ4n) is 1.72. The first-order valence-electron chi connectivity index (χ1n) is 8.62. The Morgan fingerprint density at radius 3 is 0.857 bits per heavy atom. The van der Waals surface area contributed by atoms with E-state index in [9.17, 15) is 5.73 Å². The van der Waals surface area contributed by atoms with Crippen LogP contribution in [0, 0.1) is 0 Å². The molecule has 0 aliphatic carbocycles. The summed E-state index contributed by atoms with van der Waals surface area (Å²) in [6.45, 7) is 8.54. The summed E-state index contributed by atoms with van der Waals surface area (Å²) in [4.78, 5) is 0. The van der Waals surface area contributed by atoms with E-state index in [4.69, 9.17) is 0 Å². The Kier molecular flexibility index (Phi) is 30.8. The van der Waals surface area contributed by atoms with Crippen LogP contribution in [0.25, 0.3) is 0 Å². The Bertz CT molecular complexity index is 140. The van der Waals surface area contributed by atoms with Crippen LogP contribution in [0.3, 0.4) is 0 Å². The summed E-state index contributed by atoms with van der Waals surface area (Å²) in [7, 11) is 0. The molecule has 0 saturated heterocycles. The Labute approximate surface area is 148 Å². The average molecular weight is 522 g/mol. The van der Waals surface area contributed by atoms with E-state index in [1.807, 2.05) is 0 Å². The molecule has 0 saturated carbocycles. The van der Waals surface area contributed by atoms with Gasteiger partial charge in [-0.15, -0.1) is 0 Å². The van der Waals surface area contributed by atoms with Crippen LogP contribution < -0.4 is 0 Å². The normalized spacial score (nSPS) is 10.3. The van der Waals surface area contributed by atoms with Gasteiger partial charge in [0.05, 0.1) is 0 Å². The molecule has 0 aliphatic heterocycles. The first-order valence-corrected chi connectivity index (χ1v) is 18.9. The number of hydrogen-bond acceptors (Lipinski definition) is 0. The van der Waals surface area contributed by atoms with E-state index in [0.29, 0.717) is 0 Å². The molecule has 0 spiro atoms.